The fraction of sp³-hybridized carbons (Fsp3) is 0.357. The van der Waals surface area contributed by atoms with Crippen LogP contribution in [0, 0.1) is 5.82 Å². The number of halogens is 1. The van der Waals surface area contributed by atoms with E-state index in [1.54, 1.807) is 6.07 Å². The molecule has 0 aliphatic heterocycles. The number of carbonyl (C=O) groups excluding carboxylic acids is 1. The molecule has 1 aromatic carbocycles. The van der Waals surface area contributed by atoms with Gasteiger partial charge in [0, 0.05) is 19.5 Å². The van der Waals surface area contributed by atoms with Crippen molar-refractivity contribution in [3.63, 3.8) is 0 Å². The molecular formula is C14H17FN4O2. The Labute approximate surface area is 121 Å². The molecule has 0 unspecified atom stereocenters. The molecule has 1 heterocycles. The predicted molar refractivity (Wildman–Crippen MR) is 75.5 cm³/mol. The van der Waals surface area contributed by atoms with Gasteiger partial charge >= 0.3 is 0 Å². The van der Waals surface area contributed by atoms with E-state index in [0.717, 1.165) is 6.42 Å². The summed E-state index contributed by atoms with van der Waals surface area (Å²) in [5, 5.41) is 9.30. The molecule has 6 nitrogen and oxygen atoms in total. The van der Waals surface area contributed by atoms with Crippen molar-refractivity contribution < 1.29 is 13.7 Å². The molecule has 21 heavy (non-hydrogen) atoms. The van der Waals surface area contributed by atoms with Gasteiger partial charge in [0.2, 0.25) is 6.39 Å². The van der Waals surface area contributed by atoms with Crippen LogP contribution in [0.15, 0.2) is 29.1 Å². The van der Waals surface area contributed by atoms with E-state index >= 15 is 0 Å². The third-order valence-corrected chi connectivity index (χ3v) is 2.85. The first-order valence-electron chi connectivity index (χ1n) is 6.78. The van der Waals surface area contributed by atoms with E-state index in [2.05, 4.69) is 25.3 Å². The summed E-state index contributed by atoms with van der Waals surface area (Å²) in [7, 11) is 0. The van der Waals surface area contributed by atoms with Crippen molar-refractivity contribution in [2.75, 3.05) is 18.4 Å². The topological polar surface area (TPSA) is 80.0 Å². The number of amides is 1. The van der Waals surface area contributed by atoms with Gasteiger partial charge < -0.3 is 15.2 Å². The Kier molecular flexibility index (Phi) is 5.25. The molecule has 0 aliphatic rings. The summed E-state index contributed by atoms with van der Waals surface area (Å²) in [6, 6.07) is 4.43. The lowest BCUT2D eigenvalue weighted by Crippen LogP contribution is -2.27. The van der Waals surface area contributed by atoms with Crippen LogP contribution in [-0.4, -0.2) is 29.1 Å². The van der Waals surface area contributed by atoms with Gasteiger partial charge in [-0.1, -0.05) is 18.1 Å². The van der Waals surface area contributed by atoms with Crippen molar-refractivity contribution in [3.05, 3.63) is 41.8 Å². The van der Waals surface area contributed by atoms with Gasteiger partial charge in [-0.15, -0.1) is 0 Å². The summed E-state index contributed by atoms with van der Waals surface area (Å²) >= 11 is 0. The number of hydrogen-bond donors (Lipinski definition) is 2. The minimum absolute atomic E-state index is 0.233. The van der Waals surface area contributed by atoms with E-state index in [1.807, 2.05) is 6.92 Å². The molecule has 0 bridgehead atoms. The lowest BCUT2D eigenvalue weighted by molar-refractivity contribution is 0.0954. The van der Waals surface area contributed by atoms with E-state index in [4.69, 9.17) is 0 Å². The molecule has 0 atom stereocenters. The zero-order chi connectivity index (χ0) is 15.1. The highest BCUT2D eigenvalue weighted by Gasteiger charge is 2.14. The highest BCUT2D eigenvalue weighted by Crippen LogP contribution is 2.19. The molecule has 0 radical (unpaired) electrons. The maximum Gasteiger partial charge on any atom is 0.253 e. The quantitative estimate of drug-likeness (QED) is 0.816. The van der Waals surface area contributed by atoms with Gasteiger partial charge in [0.1, 0.15) is 5.82 Å². The summed E-state index contributed by atoms with van der Waals surface area (Å²) < 4.78 is 18.4. The summed E-state index contributed by atoms with van der Waals surface area (Å²) in [6.45, 7) is 2.92. The SMILES string of the molecule is CCCNc1c(F)cccc1C(=O)NCCc1ncon1. The minimum Gasteiger partial charge on any atom is -0.382 e. The predicted octanol–water partition coefficient (Wildman–Crippen LogP) is 2.00. The van der Waals surface area contributed by atoms with Crippen LogP contribution < -0.4 is 10.6 Å². The normalized spacial score (nSPS) is 10.4. The van der Waals surface area contributed by atoms with E-state index in [1.165, 1.54) is 18.5 Å². The van der Waals surface area contributed by atoms with Gasteiger partial charge in [-0.3, -0.25) is 4.79 Å². The number of benzene rings is 1. The van der Waals surface area contributed by atoms with E-state index in [0.29, 0.717) is 25.3 Å². The second-order valence-corrected chi connectivity index (χ2v) is 4.44. The van der Waals surface area contributed by atoms with Crippen LogP contribution in [0.2, 0.25) is 0 Å². The molecule has 0 spiro atoms. The molecule has 0 saturated carbocycles. The van der Waals surface area contributed by atoms with Crippen molar-refractivity contribution in [2.45, 2.75) is 19.8 Å². The van der Waals surface area contributed by atoms with Crippen LogP contribution in [0.5, 0.6) is 0 Å². The summed E-state index contributed by atoms with van der Waals surface area (Å²) in [5.74, 6) is -0.260. The molecule has 112 valence electrons. The van der Waals surface area contributed by atoms with E-state index in [9.17, 15) is 9.18 Å². The number of carbonyl (C=O) groups is 1. The highest BCUT2D eigenvalue weighted by atomic mass is 19.1. The highest BCUT2D eigenvalue weighted by molar-refractivity contribution is 5.99. The molecule has 7 heteroatoms. The first-order chi connectivity index (χ1) is 10.2. The Balaban J connectivity index is 1.99. The third-order valence-electron chi connectivity index (χ3n) is 2.85. The number of hydrogen-bond acceptors (Lipinski definition) is 5. The van der Waals surface area contributed by atoms with Crippen molar-refractivity contribution in [3.8, 4) is 0 Å². The van der Waals surface area contributed by atoms with E-state index in [-0.39, 0.29) is 17.2 Å². The largest absolute Gasteiger partial charge is 0.382 e. The average Bonchev–Trinajstić information content (AvgIpc) is 2.99. The molecule has 2 N–H and O–H groups in total. The van der Waals surface area contributed by atoms with Gasteiger partial charge in [-0.05, 0) is 18.6 Å². The number of anilines is 1. The minimum atomic E-state index is -0.436. The van der Waals surface area contributed by atoms with Crippen molar-refractivity contribution in [2.24, 2.45) is 0 Å². The monoisotopic (exact) mass is 292 g/mol. The van der Waals surface area contributed by atoms with Crippen LogP contribution in [0.1, 0.15) is 29.5 Å². The molecule has 2 aromatic rings. The van der Waals surface area contributed by atoms with Gasteiger partial charge in [0.25, 0.3) is 5.91 Å². The molecule has 0 fully saturated rings. The molecule has 0 saturated heterocycles. The number of nitrogens with zero attached hydrogens (tertiary/aromatic N) is 2. The Morgan fingerprint density at radius 2 is 2.24 bits per heavy atom. The van der Waals surface area contributed by atoms with Crippen LogP contribution in [0.3, 0.4) is 0 Å². The van der Waals surface area contributed by atoms with Gasteiger partial charge in [-0.2, -0.15) is 4.98 Å². The zero-order valence-electron chi connectivity index (χ0n) is 11.7. The zero-order valence-corrected chi connectivity index (χ0v) is 11.7. The lowest BCUT2D eigenvalue weighted by Gasteiger charge is -2.12. The maximum absolute atomic E-state index is 13.8. The van der Waals surface area contributed by atoms with Crippen LogP contribution >= 0.6 is 0 Å². The number of para-hydroxylation sites is 1. The lowest BCUT2D eigenvalue weighted by atomic mass is 10.1. The number of nitrogens with one attached hydrogen (secondary N) is 2. The Hall–Kier alpha value is -2.44. The van der Waals surface area contributed by atoms with Crippen LogP contribution in [0.4, 0.5) is 10.1 Å². The molecular weight excluding hydrogens is 275 g/mol. The van der Waals surface area contributed by atoms with Crippen molar-refractivity contribution >= 4 is 11.6 Å². The number of rotatable bonds is 7. The second kappa shape index (κ2) is 7.37. The standard InChI is InChI=1S/C14H17FN4O2/c1-2-7-16-13-10(4-3-5-11(13)15)14(20)17-8-6-12-18-9-21-19-12/h3-5,9,16H,2,6-8H2,1H3,(H,17,20). The summed E-state index contributed by atoms with van der Waals surface area (Å²) in [6.07, 6.45) is 2.53. The first-order valence-corrected chi connectivity index (χ1v) is 6.78. The third kappa shape index (κ3) is 4.01. The Bertz CT molecular complexity index is 587. The Morgan fingerprint density at radius 3 is 2.95 bits per heavy atom. The number of aromatic nitrogens is 2. The average molecular weight is 292 g/mol. The first kappa shape index (κ1) is 15.0. The summed E-state index contributed by atoms with van der Waals surface area (Å²) in [5.41, 5.74) is 0.521. The van der Waals surface area contributed by atoms with Crippen LogP contribution in [-0.2, 0) is 6.42 Å². The molecule has 1 amide bonds. The summed E-state index contributed by atoms with van der Waals surface area (Å²) in [4.78, 5) is 16.0. The van der Waals surface area contributed by atoms with E-state index < -0.39 is 5.82 Å². The van der Waals surface area contributed by atoms with Crippen molar-refractivity contribution in [1.29, 1.82) is 0 Å². The fourth-order valence-corrected chi connectivity index (χ4v) is 1.83. The van der Waals surface area contributed by atoms with Crippen LogP contribution in [0.25, 0.3) is 0 Å². The smallest absolute Gasteiger partial charge is 0.253 e. The second-order valence-electron chi connectivity index (χ2n) is 4.44. The molecule has 1 aromatic heterocycles. The molecule has 0 aliphatic carbocycles. The fourth-order valence-electron chi connectivity index (χ4n) is 1.83. The Morgan fingerprint density at radius 1 is 1.38 bits per heavy atom. The molecule has 2 rings (SSSR count). The van der Waals surface area contributed by atoms with Gasteiger partial charge in [-0.25, -0.2) is 4.39 Å². The van der Waals surface area contributed by atoms with Crippen molar-refractivity contribution in [1.82, 2.24) is 15.5 Å². The maximum atomic E-state index is 13.8. The van der Waals surface area contributed by atoms with Gasteiger partial charge in [0.05, 0.1) is 11.3 Å². The van der Waals surface area contributed by atoms with Gasteiger partial charge in [0.15, 0.2) is 5.82 Å².